The Balaban J connectivity index is 1.52. The summed E-state index contributed by atoms with van der Waals surface area (Å²) in [7, 11) is 0. The number of ether oxygens (including phenoxy) is 1. The van der Waals surface area contributed by atoms with E-state index in [4.69, 9.17) is 4.74 Å². The number of amides is 2. The van der Waals surface area contributed by atoms with E-state index in [2.05, 4.69) is 16.7 Å². The fraction of sp³-hybridized carbons (Fsp3) is 0.550. The van der Waals surface area contributed by atoms with E-state index in [-0.39, 0.29) is 30.4 Å². The topological polar surface area (TPSA) is 91.2 Å². The summed E-state index contributed by atoms with van der Waals surface area (Å²) in [6, 6.07) is 11.0. The van der Waals surface area contributed by atoms with Crippen LogP contribution in [0.15, 0.2) is 30.3 Å². The van der Waals surface area contributed by atoms with Crippen LogP contribution >= 0.6 is 0 Å². The molecule has 2 aliphatic rings. The number of hydrogen-bond acceptors (Lipinski definition) is 4. The van der Waals surface area contributed by atoms with E-state index in [9.17, 15) is 14.9 Å². The normalized spacial score (nSPS) is 23.3. The molecule has 0 heterocycles. The third-order valence-electron chi connectivity index (χ3n) is 5.15. The number of nitrogens with one attached hydrogen (secondary N) is 2. The van der Waals surface area contributed by atoms with Crippen molar-refractivity contribution in [2.45, 2.75) is 57.2 Å². The molecule has 3 atom stereocenters. The van der Waals surface area contributed by atoms with Gasteiger partial charge in [-0.3, -0.25) is 4.79 Å². The van der Waals surface area contributed by atoms with Gasteiger partial charge in [-0.1, -0.05) is 43.2 Å². The number of nitriles is 1. The quantitative estimate of drug-likeness (QED) is 0.821. The molecular weight excluding hydrogens is 330 g/mol. The molecule has 138 valence electrons. The van der Waals surface area contributed by atoms with E-state index in [0.717, 1.165) is 44.1 Å². The van der Waals surface area contributed by atoms with Gasteiger partial charge in [-0.2, -0.15) is 5.26 Å². The van der Waals surface area contributed by atoms with E-state index in [1.807, 2.05) is 30.3 Å². The number of benzene rings is 1. The predicted octanol–water partition coefficient (Wildman–Crippen LogP) is 2.89. The monoisotopic (exact) mass is 355 g/mol. The molecule has 6 heteroatoms. The maximum atomic E-state index is 12.6. The van der Waals surface area contributed by atoms with Crippen molar-refractivity contribution in [1.82, 2.24) is 10.6 Å². The molecule has 0 aromatic heterocycles. The highest BCUT2D eigenvalue weighted by Crippen LogP contribution is 2.33. The third-order valence-corrected chi connectivity index (χ3v) is 5.15. The molecule has 3 unspecified atom stereocenters. The molecule has 3 rings (SSSR count). The molecule has 2 fully saturated rings. The van der Waals surface area contributed by atoms with E-state index >= 15 is 0 Å². The van der Waals surface area contributed by atoms with Crippen LogP contribution in [0.4, 0.5) is 4.79 Å². The van der Waals surface area contributed by atoms with Crippen molar-refractivity contribution in [2.24, 2.45) is 11.8 Å². The van der Waals surface area contributed by atoms with Gasteiger partial charge in [0, 0.05) is 6.04 Å². The lowest BCUT2D eigenvalue weighted by Crippen LogP contribution is -2.50. The van der Waals surface area contributed by atoms with Crippen LogP contribution in [-0.4, -0.2) is 24.1 Å². The second-order valence-corrected chi connectivity index (χ2v) is 7.16. The van der Waals surface area contributed by atoms with Crippen molar-refractivity contribution in [3.8, 4) is 6.07 Å². The lowest BCUT2D eigenvalue weighted by molar-refractivity contribution is -0.127. The van der Waals surface area contributed by atoms with Gasteiger partial charge in [-0.15, -0.1) is 0 Å². The Labute approximate surface area is 153 Å². The molecule has 26 heavy (non-hydrogen) atoms. The zero-order valence-electron chi connectivity index (χ0n) is 14.8. The van der Waals surface area contributed by atoms with Gasteiger partial charge in [-0.05, 0) is 37.2 Å². The molecule has 0 saturated heterocycles. The average molecular weight is 355 g/mol. The Bertz CT molecular complexity index is 667. The maximum Gasteiger partial charge on any atom is 0.407 e. The third kappa shape index (κ3) is 4.98. The van der Waals surface area contributed by atoms with Crippen LogP contribution in [-0.2, 0) is 16.1 Å². The SMILES string of the molecule is N#CC(NC(=O)C1CCCCC1NC(=O)OCc1ccccc1)C1CC1. The molecule has 1 aromatic rings. The zero-order valence-corrected chi connectivity index (χ0v) is 14.8. The first kappa shape index (κ1) is 18.2. The van der Waals surface area contributed by atoms with E-state index in [0.29, 0.717) is 0 Å². The highest BCUT2D eigenvalue weighted by Gasteiger charge is 2.37. The van der Waals surface area contributed by atoms with Crippen LogP contribution in [0, 0.1) is 23.2 Å². The van der Waals surface area contributed by atoms with Crippen LogP contribution in [0.2, 0.25) is 0 Å². The summed E-state index contributed by atoms with van der Waals surface area (Å²) in [5.41, 5.74) is 0.918. The molecule has 0 bridgehead atoms. The number of alkyl carbamates (subject to hydrolysis) is 1. The Morgan fingerprint density at radius 3 is 2.58 bits per heavy atom. The smallest absolute Gasteiger partial charge is 0.407 e. The highest BCUT2D eigenvalue weighted by atomic mass is 16.5. The Kier molecular flexibility index (Phi) is 6.11. The minimum Gasteiger partial charge on any atom is -0.445 e. The van der Waals surface area contributed by atoms with Crippen molar-refractivity contribution in [3.05, 3.63) is 35.9 Å². The maximum absolute atomic E-state index is 12.6. The van der Waals surface area contributed by atoms with E-state index in [1.165, 1.54) is 0 Å². The van der Waals surface area contributed by atoms with E-state index in [1.54, 1.807) is 0 Å². The number of carbonyl (C=O) groups excluding carboxylic acids is 2. The van der Waals surface area contributed by atoms with Gasteiger partial charge in [-0.25, -0.2) is 4.79 Å². The number of hydrogen-bond donors (Lipinski definition) is 2. The van der Waals surface area contributed by atoms with Crippen molar-refractivity contribution in [3.63, 3.8) is 0 Å². The second kappa shape index (κ2) is 8.70. The molecule has 2 amide bonds. The molecule has 0 radical (unpaired) electrons. The summed E-state index contributed by atoms with van der Waals surface area (Å²) in [6.07, 6.45) is 4.89. The Morgan fingerprint density at radius 1 is 1.15 bits per heavy atom. The summed E-state index contributed by atoms with van der Waals surface area (Å²) >= 11 is 0. The summed E-state index contributed by atoms with van der Waals surface area (Å²) in [4.78, 5) is 24.7. The number of carbonyl (C=O) groups is 2. The van der Waals surface area contributed by atoms with Crippen molar-refractivity contribution in [2.75, 3.05) is 0 Å². The molecular formula is C20H25N3O3. The lowest BCUT2D eigenvalue weighted by atomic mass is 9.83. The van der Waals surface area contributed by atoms with Crippen LogP contribution in [0.1, 0.15) is 44.1 Å². The minimum atomic E-state index is -0.502. The standard InChI is InChI=1S/C20H25N3O3/c21-12-18(15-10-11-15)22-19(24)16-8-4-5-9-17(16)23-20(25)26-13-14-6-2-1-3-7-14/h1-3,6-7,15-18H,4-5,8-11,13H2,(H,22,24)(H,23,25). The first-order valence-corrected chi connectivity index (χ1v) is 9.34. The Morgan fingerprint density at radius 2 is 1.88 bits per heavy atom. The van der Waals surface area contributed by atoms with Crippen molar-refractivity contribution in [1.29, 1.82) is 5.26 Å². The van der Waals surface area contributed by atoms with Gasteiger partial charge in [0.25, 0.3) is 0 Å². The molecule has 2 aliphatic carbocycles. The van der Waals surface area contributed by atoms with Gasteiger partial charge in [0.1, 0.15) is 12.6 Å². The van der Waals surface area contributed by atoms with Crippen LogP contribution in [0.3, 0.4) is 0 Å². The first-order chi connectivity index (χ1) is 12.7. The number of nitrogens with zero attached hydrogens (tertiary/aromatic N) is 1. The fourth-order valence-corrected chi connectivity index (χ4v) is 3.48. The molecule has 0 aliphatic heterocycles. The second-order valence-electron chi connectivity index (χ2n) is 7.16. The van der Waals surface area contributed by atoms with Crippen molar-refractivity contribution >= 4 is 12.0 Å². The summed E-state index contributed by atoms with van der Waals surface area (Å²) in [5.74, 6) is -0.145. The van der Waals surface area contributed by atoms with Gasteiger partial charge in [0.05, 0.1) is 12.0 Å². The lowest BCUT2D eigenvalue weighted by Gasteiger charge is -2.31. The largest absolute Gasteiger partial charge is 0.445 e. The first-order valence-electron chi connectivity index (χ1n) is 9.34. The summed E-state index contributed by atoms with van der Waals surface area (Å²) < 4.78 is 5.28. The summed E-state index contributed by atoms with van der Waals surface area (Å²) in [6.45, 7) is 0.203. The van der Waals surface area contributed by atoms with Gasteiger partial charge in [0.2, 0.25) is 5.91 Å². The Hall–Kier alpha value is -2.55. The van der Waals surface area contributed by atoms with Gasteiger partial charge in [0.15, 0.2) is 0 Å². The zero-order chi connectivity index (χ0) is 18.4. The van der Waals surface area contributed by atoms with Crippen LogP contribution in [0.5, 0.6) is 0 Å². The molecule has 0 spiro atoms. The van der Waals surface area contributed by atoms with Gasteiger partial charge >= 0.3 is 6.09 Å². The van der Waals surface area contributed by atoms with Crippen molar-refractivity contribution < 1.29 is 14.3 Å². The fourth-order valence-electron chi connectivity index (χ4n) is 3.48. The average Bonchev–Trinajstić information content (AvgIpc) is 3.51. The number of rotatable bonds is 6. The molecule has 6 nitrogen and oxygen atoms in total. The highest BCUT2D eigenvalue weighted by molar-refractivity contribution is 5.81. The molecule has 2 saturated carbocycles. The molecule has 1 aromatic carbocycles. The van der Waals surface area contributed by atoms with Gasteiger partial charge < -0.3 is 15.4 Å². The minimum absolute atomic E-state index is 0.128. The van der Waals surface area contributed by atoms with Crippen LogP contribution < -0.4 is 10.6 Å². The predicted molar refractivity (Wildman–Crippen MR) is 95.8 cm³/mol. The van der Waals surface area contributed by atoms with E-state index < -0.39 is 12.1 Å². The van der Waals surface area contributed by atoms with Crippen LogP contribution in [0.25, 0.3) is 0 Å². The summed E-state index contributed by atoms with van der Waals surface area (Å²) in [5, 5.41) is 14.9. The molecule has 2 N–H and O–H groups in total.